The fourth-order valence-electron chi connectivity index (χ4n) is 1.69. The third kappa shape index (κ3) is 3.70. The fraction of sp³-hybridized carbons (Fsp3) is 0.917. The second-order valence-electron chi connectivity index (χ2n) is 5.74. The Kier molecular flexibility index (Phi) is 4.08. The number of nitriles is 1. The molecule has 0 saturated carbocycles. The molecule has 1 unspecified atom stereocenters. The Hall–Kier alpha value is -0.200. The summed E-state index contributed by atoms with van der Waals surface area (Å²) in [5.74, 6) is 2.45. The number of thioether (sulfide) groups is 1. The molecule has 0 bridgehead atoms. The SMILES string of the molecule is CC(C)(C#N)CNC1CSCCC1(C)C. The zero-order valence-electron chi connectivity index (χ0n) is 10.3. The number of nitrogens with one attached hydrogen (secondary N) is 1. The van der Waals surface area contributed by atoms with Gasteiger partial charge in [0.15, 0.2) is 0 Å². The molecule has 1 fully saturated rings. The minimum atomic E-state index is -0.252. The van der Waals surface area contributed by atoms with Crippen LogP contribution in [0.15, 0.2) is 0 Å². The minimum absolute atomic E-state index is 0.252. The van der Waals surface area contributed by atoms with Crippen LogP contribution >= 0.6 is 11.8 Å². The lowest BCUT2D eigenvalue weighted by Gasteiger charge is -2.39. The lowest BCUT2D eigenvalue weighted by Crippen LogP contribution is -2.49. The van der Waals surface area contributed by atoms with Gasteiger partial charge < -0.3 is 5.32 Å². The summed E-state index contributed by atoms with van der Waals surface area (Å²) in [5, 5.41) is 12.5. The van der Waals surface area contributed by atoms with E-state index in [9.17, 15) is 0 Å². The quantitative estimate of drug-likeness (QED) is 0.803. The molecule has 0 spiro atoms. The number of hydrogen-bond donors (Lipinski definition) is 1. The molecule has 3 heteroatoms. The first-order valence-corrected chi connectivity index (χ1v) is 6.75. The molecular formula is C12H22N2S. The van der Waals surface area contributed by atoms with Gasteiger partial charge in [0, 0.05) is 18.3 Å². The van der Waals surface area contributed by atoms with Crippen molar-refractivity contribution >= 4 is 11.8 Å². The smallest absolute Gasteiger partial charge is 0.0697 e. The molecule has 1 heterocycles. The molecule has 2 nitrogen and oxygen atoms in total. The van der Waals surface area contributed by atoms with Crippen molar-refractivity contribution in [1.29, 1.82) is 5.26 Å². The Balaban J connectivity index is 2.48. The van der Waals surface area contributed by atoms with Gasteiger partial charge in [0.25, 0.3) is 0 Å². The lowest BCUT2D eigenvalue weighted by molar-refractivity contribution is 0.232. The topological polar surface area (TPSA) is 35.8 Å². The summed E-state index contributed by atoms with van der Waals surface area (Å²) < 4.78 is 0. The van der Waals surface area contributed by atoms with Crippen LogP contribution in [0.4, 0.5) is 0 Å². The molecule has 0 aromatic carbocycles. The van der Waals surface area contributed by atoms with Crippen LogP contribution in [0.1, 0.15) is 34.1 Å². The summed E-state index contributed by atoms with van der Waals surface area (Å²) in [6.45, 7) is 9.41. The first-order valence-electron chi connectivity index (χ1n) is 5.60. The van der Waals surface area contributed by atoms with Crippen molar-refractivity contribution in [3.8, 4) is 6.07 Å². The van der Waals surface area contributed by atoms with Crippen molar-refractivity contribution in [2.75, 3.05) is 18.1 Å². The molecule has 1 aliphatic rings. The van der Waals surface area contributed by atoms with Crippen LogP contribution < -0.4 is 5.32 Å². The van der Waals surface area contributed by atoms with E-state index in [1.807, 2.05) is 25.6 Å². The van der Waals surface area contributed by atoms with E-state index >= 15 is 0 Å². The van der Waals surface area contributed by atoms with E-state index in [0.29, 0.717) is 11.5 Å². The second kappa shape index (κ2) is 4.76. The zero-order chi connectivity index (χ0) is 11.5. The maximum absolute atomic E-state index is 8.96. The number of nitrogens with zero attached hydrogens (tertiary/aromatic N) is 1. The summed E-state index contributed by atoms with van der Waals surface area (Å²) >= 11 is 2.02. The molecule has 0 aromatic rings. The second-order valence-corrected chi connectivity index (χ2v) is 6.89. The molecule has 0 amide bonds. The Morgan fingerprint density at radius 1 is 1.53 bits per heavy atom. The van der Waals surface area contributed by atoms with Crippen LogP contribution in [-0.4, -0.2) is 24.1 Å². The van der Waals surface area contributed by atoms with E-state index in [0.717, 1.165) is 6.54 Å². The van der Waals surface area contributed by atoms with E-state index in [1.165, 1.54) is 17.9 Å². The van der Waals surface area contributed by atoms with Crippen LogP contribution in [-0.2, 0) is 0 Å². The maximum Gasteiger partial charge on any atom is 0.0697 e. The molecule has 1 rings (SSSR count). The minimum Gasteiger partial charge on any atom is -0.311 e. The van der Waals surface area contributed by atoms with E-state index in [-0.39, 0.29) is 5.41 Å². The highest BCUT2D eigenvalue weighted by Crippen LogP contribution is 2.34. The first kappa shape index (κ1) is 12.9. The van der Waals surface area contributed by atoms with Crippen molar-refractivity contribution in [3.63, 3.8) is 0 Å². The van der Waals surface area contributed by atoms with Crippen LogP contribution in [0.3, 0.4) is 0 Å². The Morgan fingerprint density at radius 2 is 2.20 bits per heavy atom. The van der Waals surface area contributed by atoms with Crippen molar-refractivity contribution in [2.45, 2.75) is 40.2 Å². The third-order valence-electron chi connectivity index (χ3n) is 3.21. The lowest BCUT2D eigenvalue weighted by atomic mass is 9.81. The van der Waals surface area contributed by atoms with Crippen LogP contribution in [0.25, 0.3) is 0 Å². The van der Waals surface area contributed by atoms with Crippen LogP contribution in [0.2, 0.25) is 0 Å². The van der Waals surface area contributed by atoms with Gasteiger partial charge in [-0.15, -0.1) is 0 Å². The van der Waals surface area contributed by atoms with Gasteiger partial charge in [0.2, 0.25) is 0 Å². The van der Waals surface area contributed by atoms with Crippen molar-refractivity contribution in [3.05, 3.63) is 0 Å². The van der Waals surface area contributed by atoms with Gasteiger partial charge in [-0.3, -0.25) is 0 Å². The van der Waals surface area contributed by atoms with Crippen molar-refractivity contribution in [1.82, 2.24) is 5.32 Å². The Bertz CT molecular complexity index is 253. The Morgan fingerprint density at radius 3 is 2.73 bits per heavy atom. The van der Waals surface area contributed by atoms with E-state index in [2.05, 4.69) is 25.2 Å². The molecule has 1 atom stereocenters. The molecule has 1 saturated heterocycles. The van der Waals surface area contributed by atoms with Crippen molar-refractivity contribution in [2.24, 2.45) is 10.8 Å². The first-order chi connectivity index (χ1) is 6.87. The summed E-state index contributed by atoms with van der Waals surface area (Å²) in [7, 11) is 0. The average Bonchev–Trinajstić information content (AvgIpc) is 2.16. The van der Waals surface area contributed by atoms with Gasteiger partial charge >= 0.3 is 0 Å². The summed E-state index contributed by atoms with van der Waals surface area (Å²) in [4.78, 5) is 0. The van der Waals surface area contributed by atoms with E-state index in [4.69, 9.17) is 5.26 Å². The fourth-order valence-corrected chi connectivity index (χ4v) is 3.33. The molecule has 15 heavy (non-hydrogen) atoms. The molecule has 86 valence electrons. The largest absolute Gasteiger partial charge is 0.311 e. The van der Waals surface area contributed by atoms with Crippen LogP contribution in [0, 0.1) is 22.2 Å². The van der Waals surface area contributed by atoms with Crippen molar-refractivity contribution < 1.29 is 0 Å². The highest BCUT2D eigenvalue weighted by molar-refractivity contribution is 7.99. The Labute approximate surface area is 97.8 Å². The molecule has 0 radical (unpaired) electrons. The highest BCUT2D eigenvalue weighted by Gasteiger charge is 2.33. The predicted octanol–water partition coefficient (Wildman–Crippen LogP) is 2.66. The monoisotopic (exact) mass is 226 g/mol. The molecule has 1 N–H and O–H groups in total. The molecular weight excluding hydrogens is 204 g/mol. The highest BCUT2D eigenvalue weighted by atomic mass is 32.2. The predicted molar refractivity (Wildman–Crippen MR) is 66.9 cm³/mol. The molecule has 0 aliphatic carbocycles. The van der Waals surface area contributed by atoms with Crippen LogP contribution in [0.5, 0.6) is 0 Å². The number of rotatable bonds is 3. The third-order valence-corrected chi connectivity index (χ3v) is 4.27. The maximum atomic E-state index is 8.96. The average molecular weight is 226 g/mol. The molecule has 1 aliphatic heterocycles. The van der Waals surface area contributed by atoms with E-state index < -0.39 is 0 Å². The number of hydrogen-bond acceptors (Lipinski definition) is 3. The van der Waals surface area contributed by atoms with Gasteiger partial charge in [-0.1, -0.05) is 13.8 Å². The van der Waals surface area contributed by atoms with Gasteiger partial charge in [-0.05, 0) is 31.4 Å². The van der Waals surface area contributed by atoms with Gasteiger partial charge in [-0.25, -0.2) is 0 Å². The summed E-state index contributed by atoms with van der Waals surface area (Å²) in [6.07, 6.45) is 1.27. The van der Waals surface area contributed by atoms with Gasteiger partial charge in [0.05, 0.1) is 11.5 Å². The van der Waals surface area contributed by atoms with Gasteiger partial charge in [0.1, 0.15) is 0 Å². The zero-order valence-corrected chi connectivity index (χ0v) is 11.1. The normalized spacial score (nSPS) is 25.9. The standard InChI is InChI=1S/C12H22N2S/c1-11(2,8-13)9-14-10-7-15-6-5-12(10,3)4/h10,14H,5-7,9H2,1-4H3. The van der Waals surface area contributed by atoms with E-state index in [1.54, 1.807) is 0 Å². The summed E-state index contributed by atoms with van der Waals surface area (Å²) in [5.41, 5.74) is 0.120. The molecule has 0 aromatic heterocycles. The van der Waals surface area contributed by atoms with Gasteiger partial charge in [-0.2, -0.15) is 17.0 Å². The summed E-state index contributed by atoms with van der Waals surface area (Å²) in [6, 6.07) is 2.88.